The van der Waals surface area contributed by atoms with Gasteiger partial charge in [-0.15, -0.1) is 0 Å². The molecule has 8 heteroatoms. The van der Waals surface area contributed by atoms with E-state index in [1.54, 1.807) is 68.8 Å². The summed E-state index contributed by atoms with van der Waals surface area (Å²) < 4.78 is 16.2. The van der Waals surface area contributed by atoms with E-state index in [0.29, 0.717) is 28.7 Å². The molecule has 0 unspecified atom stereocenters. The Morgan fingerprint density at radius 2 is 1.66 bits per heavy atom. The summed E-state index contributed by atoms with van der Waals surface area (Å²) in [5, 5.41) is 5.30. The molecule has 0 saturated heterocycles. The average Bonchev–Trinajstić information content (AvgIpc) is 2.83. The summed E-state index contributed by atoms with van der Waals surface area (Å²) in [6.45, 7) is 0. The molecule has 2 N–H and O–H groups in total. The third-order valence-corrected chi connectivity index (χ3v) is 4.38. The second kappa shape index (κ2) is 10.6. The molecule has 0 aliphatic heterocycles. The topological polar surface area (TPSA) is 98.8 Å². The lowest BCUT2D eigenvalue weighted by Crippen LogP contribution is -2.18. The van der Waals surface area contributed by atoms with Crippen molar-refractivity contribution in [2.45, 2.75) is 0 Å². The molecular weight excluding hydrogens is 410 g/mol. The summed E-state index contributed by atoms with van der Waals surface area (Å²) in [5.74, 6) is 1.66. The Labute approximate surface area is 185 Å². The molecule has 2 amide bonds. The second-order valence-corrected chi connectivity index (χ2v) is 6.52. The SMILES string of the molecule is CNC(=O)c1cc(Oc2ccc(NC(=O)C=Cc3ccc(OC)c(OC)c3)cc2)ccn1. The number of anilines is 1. The predicted molar refractivity (Wildman–Crippen MR) is 121 cm³/mol. The van der Waals surface area contributed by atoms with Gasteiger partial charge in [0, 0.05) is 31.1 Å². The highest BCUT2D eigenvalue weighted by Gasteiger charge is 2.07. The molecule has 32 heavy (non-hydrogen) atoms. The lowest BCUT2D eigenvalue weighted by atomic mass is 10.2. The molecule has 0 bridgehead atoms. The minimum atomic E-state index is -0.297. The van der Waals surface area contributed by atoms with E-state index in [2.05, 4.69) is 15.6 Å². The minimum absolute atomic E-state index is 0.259. The molecule has 8 nitrogen and oxygen atoms in total. The van der Waals surface area contributed by atoms with Crippen molar-refractivity contribution < 1.29 is 23.8 Å². The van der Waals surface area contributed by atoms with E-state index in [0.717, 1.165) is 5.56 Å². The van der Waals surface area contributed by atoms with Crippen LogP contribution in [0.15, 0.2) is 66.9 Å². The Balaban J connectivity index is 1.60. The minimum Gasteiger partial charge on any atom is -0.493 e. The first kappa shape index (κ1) is 22.4. The summed E-state index contributed by atoms with van der Waals surface area (Å²) in [4.78, 5) is 27.9. The molecule has 164 valence electrons. The van der Waals surface area contributed by atoms with Gasteiger partial charge in [0.25, 0.3) is 5.91 Å². The van der Waals surface area contributed by atoms with Crippen LogP contribution in [-0.4, -0.2) is 38.1 Å². The number of rotatable bonds is 8. The third-order valence-electron chi connectivity index (χ3n) is 4.38. The van der Waals surface area contributed by atoms with Crippen LogP contribution >= 0.6 is 0 Å². The molecule has 3 rings (SSSR count). The van der Waals surface area contributed by atoms with Crippen LogP contribution in [-0.2, 0) is 4.79 Å². The van der Waals surface area contributed by atoms with Gasteiger partial charge < -0.3 is 24.8 Å². The Morgan fingerprint density at radius 1 is 0.906 bits per heavy atom. The van der Waals surface area contributed by atoms with E-state index in [1.165, 1.54) is 19.3 Å². The fraction of sp³-hybridized carbons (Fsp3) is 0.125. The maximum atomic E-state index is 12.2. The lowest BCUT2D eigenvalue weighted by molar-refractivity contribution is -0.111. The number of amides is 2. The third kappa shape index (κ3) is 5.85. The molecular formula is C24H23N3O5. The van der Waals surface area contributed by atoms with E-state index >= 15 is 0 Å². The summed E-state index contributed by atoms with van der Waals surface area (Å²) in [5.41, 5.74) is 1.67. The van der Waals surface area contributed by atoms with Crippen molar-refractivity contribution in [2.75, 3.05) is 26.6 Å². The molecule has 0 fully saturated rings. The average molecular weight is 433 g/mol. The van der Waals surface area contributed by atoms with Gasteiger partial charge in [0.15, 0.2) is 11.5 Å². The number of methoxy groups -OCH3 is 2. The zero-order valence-electron chi connectivity index (χ0n) is 17.9. The highest BCUT2D eigenvalue weighted by atomic mass is 16.5. The van der Waals surface area contributed by atoms with Crippen molar-refractivity contribution in [3.05, 3.63) is 78.1 Å². The fourth-order valence-corrected chi connectivity index (χ4v) is 2.78. The summed E-state index contributed by atoms with van der Waals surface area (Å²) in [6.07, 6.45) is 4.62. The van der Waals surface area contributed by atoms with E-state index < -0.39 is 0 Å². The van der Waals surface area contributed by atoms with Gasteiger partial charge in [-0.3, -0.25) is 14.6 Å². The van der Waals surface area contributed by atoms with Gasteiger partial charge >= 0.3 is 0 Å². The molecule has 1 aromatic heterocycles. The second-order valence-electron chi connectivity index (χ2n) is 6.52. The van der Waals surface area contributed by atoms with Crippen LogP contribution in [0, 0.1) is 0 Å². The van der Waals surface area contributed by atoms with Gasteiger partial charge in [-0.2, -0.15) is 0 Å². The van der Waals surface area contributed by atoms with Gasteiger partial charge in [-0.1, -0.05) is 6.07 Å². The Bertz CT molecular complexity index is 1130. The predicted octanol–water partition coefficient (Wildman–Crippen LogP) is 3.90. The van der Waals surface area contributed by atoms with Gasteiger partial charge in [-0.25, -0.2) is 0 Å². The number of aromatic nitrogens is 1. The molecule has 0 radical (unpaired) electrons. The van der Waals surface area contributed by atoms with Gasteiger partial charge in [0.2, 0.25) is 5.91 Å². The smallest absolute Gasteiger partial charge is 0.269 e. The zero-order valence-corrected chi connectivity index (χ0v) is 17.9. The first-order valence-electron chi connectivity index (χ1n) is 9.69. The molecule has 0 spiro atoms. The molecule has 0 aliphatic rings. The van der Waals surface area contributed by atoms with Crippen molar-refractivity contribution in [1.29, 1.82) is 0 Å². The Morgan fingerprint density at radius 3 is 2.34 bits per heavy atom. The van der Waals surface area contributed by atoms with Crippen molar-refractivity contribution >= 4 is 23.6 Å². The van der Waals surface area contributed by atoms with Crippen LogP contribution in [0.2, 0.25) is 0 Å². The highest BCUT2D eigenvalue weighted by molar-refractivity contribution is 6.02. The molecule has 0 atom stereocenters. The van der Waals surface area contributed by atoms with Crippen LogP contribution in [0.1, 0.15) is 16.1 Å². The van der Waals surface area contributed by atoms with Gasteiger partial charge in [-0.05, 0) is 54.1 Å². The van der Waals surface area contributed by atoms with Crippen molar-refractivity contribution in [3.63, 3.8) is 0 Å². The summed E-state index contributed by atoms with van der Waals surface area (Å²) in [7, 11) is 4.66. The fourth-order valence-electron chi connectivity index (χ4n) is 2.78. The lowest BCUT2D eigenvalue weighted by Gasteiger charge is -2.08. The number of ether oxygens (including phenoxy) is 3. The number of nitrogens with one attached hydrogen (secondary N) is 2. The first-order valence-corrected chi connectivity index (χ1v) is 9.69. The summed E-state index contributed by atoms with van der Waals surface area (Å²) in [6, 6.07) is 15.5. The quantitative estimate of drug-likeness (QED) is 0.523. The molecule has 0 saturated carbocycles. The Kier molecular flexibility index (Phi) is 7.42. The summed E-state index contributed by atoms with van der Waals surface area (Å²) >= 11 is 0. The molecule has 0 aliphatic carbocycles. The van der Waals surface area contributed by atoms with Crippen LogP contribution < -0.4 is 24.8 Å². The number of carbonyl (C=O) groups is 2. The maximum absolute atomic E-state index is 12.2. The maximum Gasteiger partial charge on any atom is 0.269 e. The first-order chi connectivity index (χ1) is 15.5. The standard InChI is InChI=1S/C24H23N3O5/c1-25-24(29)20-15-19(12-13-26-20)32-18-8-6-17(7-9-18)27-23(28)11-5-16-4-10-21(30-2)22(14-16)31-3/h4-15H,1-3H3,(H,25,29)(H,27,28). The highest BCUT2D eigenvalue weighted by Crippen LogP contribution is 2.28. The van der Waals surface area contributed by atoms with Crippen molar-refractivity contribution in [3.8, 4) is 23.0 Å². The van der Waals surface area contributed by atoms with Crippen molar-refractivity contribution in [1.82, 2.24) is 10.3 Å². The van der Waals surface area contributed by atoms with Crippen LogP contribution in [0.3, 0.4) is 0 Å². The van der Waals surface area contributed by atoms with Gasteiger partial charge in [0.05, 0.1) is 14.2 Å². The van der Waals surface area contributed by atoms with Crippen LogP contribution in [0.4, 0.5) is 5.69 Å². The Hall–Kier alpha value is -4.33. The number of hydrogen-bond acceptors (Lipinski definition) is 6. The van der Waals surface area contributed by atoms with Crippen LogP contribution in [0.5, 0.6) is 23.0 Å². The molecule has 1 heterocycles. The van der Waals surface area contributed by atoms with Gasteiger partial charge in [0.1, 0.15) is 17.2 Å². The van der Waals surface area contributed by atoms with E-state index in [9.17, 15) is 9.59 Å². The molecule has 2 aromatic carbocycles. The number of nitrogens with zero attached hydrogens (tertiary/aromatic N) is 1. The van der Waals surface area contributed by atoms with Crippen molar-refractivity contribution in [2.24, 2.45) is 0 Å². The van der Waals surface area contributed by atoms with Crippen LogP contribution in [0.25, 0.3) is 6.08 Å². The zero-order chi connectivity index (χ0) is 22.9. The number of benzene rings is 2. The monoisotopic (exact) mass is 433 g/mol. The van der Waals surface area contributed by atoms with E-state index in [4.69, 9.17) is 14.2 Å². The number of carbonyl (C=O) groups excluding carboxylic acids is 2. The molecule has 3 aromatic rings. The number of pyridine rings is 1. The van der Waals surface area contributed by atoms with E-state index in [1.807, 2.05) is 6.07 Å². The largest absolute Gasteiger partial charge is 0.493 e. The van der Waals surface area contributed by atoms with E-state index in [-0.39, 0.29) is 17.5 Å². The number of hydrogen-bond donors (Lipinski definition) is 2. The normalized spacial score (nSPS) is 10.5.